The van der Waals surface area contributed by atoms with Crippen molar-refractivity contribution in [2.75, 3.05) is 61.9 Å². The zero-order valence-electron chi connectivity index (χ0n) is 20.8. The molecule has 2 fully saturated rings. The summed E-state index contributed by atoms with van der Waals surface area (Å²) in [6, 6.07) is 13.8. The minimum absolute atomic E-state index is 0.420. The molecule has 10 heteroatoms. The first kappa shape index (κ1) is 23.6. The first-order chi connectivity index (χ1) is 18.3. The lowest BCUT2D eigenvalue weighted by atomic mass is 10.1. The van der Waals surface area contributed by atoms with Gasteiger partial charge in [-0.1, -0.05) is 35.5 Å². The second-order valence-electron chi connectivity index (χ2n) is 9.56. The maximum absolute atomic E-state index is 5.54. The van der Waals surface area contributed by atoms with E-state index in [9.17, 15) is 0 Å². The van der Waals surface area contributed by atoms with E-state index in [4.69, 9.17) is 9.26 Å². The summed E-state index contributed by atoms with van der Waals surface area (Å²) in [6.45, 7) is 6.42. The average Bonchev–Trinajstić information content (AvgIpc) is 3.49. The Hall–Kier alpha value is -3.76. The normalized spacial score (nSPS) is 17.8. The highest BCUT2D eigenvalue weighted by atomic mass is 16.5. The van der Waals surface area contributed by atoms with Crippen molar-refractivity contribution < 1.29 is 9.26 Å². The largest absolute Gasteiger partial charge is 0.379 e. The van der Waals surface area contributed by atoms with Crippen molar-refractivity contribution in [2.24, 2.45) is 10.9 Å². The Balaban J connectivity index is 1.13. The lowest BCUT2D eigenvalue weighted by Crippen LogP contribution is -2.39. The molecule has 0 radical (unpaired) electrons. The Labute approximate surface area is 216 Å². The van der Waals surface area contributed by atoms with Crippen LogP contribution < -0.4 is 16.0 Å². The van der Waals surface area contributed by atoms with Gasteiger partial charge in [0, 0.05) is 43.9 Å². The van der Waals surface area contributed by atoms with E-state index in [0.29, 0.717) is 30.0 Å². The maximum atomic E-state index is 5.54. The first-order valence-corrected chi connectivity index (χ1v) is 13.0. The highest BCUT2D eigenvalue weighted by Crippen LogP contribution is 2.37. The molecule has 3 aromatic rings. The Kier molecular flexibility index (Phi) is 7.09. The second-order valence-corrected chi connectivity index (χ2v) is 9.56. The predicted molar refractivity (Wildman–Crippen MR) is 144 cm³/mol. The van der Waals surface area contributed by atoms with Crippen molar-refractivity contribution in [3.05, 3.63) is 59.9 Å². The number of aliphatic imine (C=N–C) groups is 1. The monoisotopic (exact) mass is 500 g/mol. The van der Waals surface area contributed by atoms with Gasteiger partial charge in [0.15, 0.2) is 5.76 Å². The van der Waals surface area contributed by atoms with E-state index in [1.807, 2.05) is 42.5 Å². The number of anilines is 3. The van der Waals surface area contributed by atoms with Gasteiger partial charge in [0.05, 0.1) is 26.3 Å². The molecule has 2 aliphatic heterocycles. The minimum atomic E-state index is 0.420. The number of amidine groups is 1. The highest BCUT2D eigenvalue weighted by Gasteiger charge is 2.28. The molecule has 2 aromatic heterocycles. The predicted octanol–water partition coefficient (Wildman–Crippen LogP) is 3.65. The number of ether oxygens (including phenoxy) is 1. The van der Waals surface area contributed by atoms with Gasteiger partial charge in [0.1, 0.15) is 23.2 Å². The van der Waals surface area contributed by atoms with Crippen LogP contribution in [0.3, 0.4) is 0 Å². The molecule has 0 unspecified atom stereocenters. The number of hydrogen-bond donors (Lipinski definition) is 3. The summed E-state index contributed by atoms with van der Waals surface area (Å²) in [4.78, 5) is 16.4. The van der Waals surface area contributed by atoms with Gasteiger partial charge in [-0.25, -0.2) is 0 Å². The molecule has 0 bridgehead atoms. The molecule has 1 aliphatic carbocycles. The molecule has 0 atom stereocenters. The molecule has 0 amide bonds. The molecule has 1 aromatic carbocycles. The fraction of sp³-hybridized carbons (Fsp3) is 0.407. The van der Waals surface area contributed by atoms with Crippen LogP contribution in [0.4, 0.5) is 17.6 Å². The molecule has 192 valence electrons. The van der Waals surface area contributed by atoms with Crippen LogP contribution in [-0.4, -0.2) is 71.8 Å². The topological polar surface area (TPSA) is 113 Å². The van der Waals surface area contributed by atoms with Crippen LogP contribution >= 0.6 is 0 Å². The number of rotatable bonds is 10. The second kappa shape index (κ2) is 11.1. The summed E-state index contributed by atoms with van der Waals surface area (Å²) in [6.07, 6.45) is 4.72. The van der Waals surface area contributed by atoms with Crippen LogP contribution in [0.5, 0.6) is 0 Å². The van der Waals surface area contributed by atoms with Gasteiger partial charge in [0.2, 0.25) is 5.95 Å². The first-order valence-electron chi connectivity index (χ1n) is 13.0. The van der Waals surface area contributed by atoms with Crippen LogP contribution in [0, 0.1) is 5.92 Å². The van der Waals surface area contributed by atoms with E-state index < -0.39 is 0 Å². The maximum Gasteiger partial charge on any atom is 0.227 e. The standard InChI is InChI=1S/C27H32N8O2/c1-2-4-20(5-3-1)23-15-22(37-34-23)18-30-27-32-25(28-8-9-35-10-12-36-13-11-35)16-26(33-27)31-24-14-21(17-29-24)19-6-7-19/h1-5,14-16,19H,6-13,17-18H2,(H3,28,29,30,31,32,33). The Morgan fingerprint density at radius 3 is 2.65 bits per heavy atom. The van der Waals surface area contributed by atoms with Crippen LogP contribution in [0.15, 0.2) is 63.6 Å². The SMILES string of the molecule is C1=C(C2CC2)CN=C1Nc1cc(NCCN2CCOCC2)nc(NCc2cc(-c3ccccc3)no2)n1. The minimum Gasteiger partial charge on any atom is -0.379 e. The lowest BCUT2D eigenvalue weighted by molar-refractivity contribution is 0.0398. The third kappa shape index (κ3) is 6.33. The number of hydrogen-bond acceptors (Lipinski definition) is 10. The third-order valence-corrected chi connectivity index (χ3v) is 6.73. The van der Waals surface area contributed by atoms with Gasteiger partial charge < -0.3 is 25.2 Å². The van der Waals surface area contributed by atoms with Crippen molar-refractivity contribution in [1.82, 2.24) is 20.0 Å². The van der Waals surface area contributed by atoms with Crippen LogP contribution in [-0.2, 0) is 11.3 Å². The fourth-order valence-electron chi connectivity index (χ4n) is 4.51. The summed E-state index contributed by atoms with van der Waals surface area (Å²) in [5, 5.41) is 14.3. The van der Waals surface area contributed by atoms with Gasteiger partial charge in [-0.15, -0.1) is 0 Å². The van der Waals surface area contributed by atoms with E-state index in [-0.39, 0.29) is 0 Å². The molecule has 4 heterocycles. The summed E-state index contributed by atoms with van der Waals surface area (Å²) in [7, 11) is 0. The van der Waals surface area contributed by atoms with E-state index in [1.165, 1.54) is 18.4 Å². The molecule has 0 spiro atoms. The molecular formula is C27H32N8O2. The van der Waals surface area contributed by atoms with Crippen LogP contribution in [0.2, 0.25) is 0 Å². The van der Waals surface area contributed by atoms with E-state index in [1.54, 1.807) is 0 Å². The fourth-order valence-corrected chi connectivity index (χ4v) is 4.51. The summed E-state index contributed by atoms with van der Waals surface area (Å²) >= 11 is 0. The van der Waals surface area contributed by atoms with Crippen molar-refractivity contribution in [3.8, 4) is 11.3 Å². The van der Waals surface area contributed by atoms with Gasteiger partial charge in [-0.3, -0.25) is 9.89 Å². The van der Waals surface area contributed by atoms with Crippen molar-refractivity contribution in [1.29, 1.82) is 0 Å². The van der Waals surface area contributed by atoms with Crippen LogP contribution in [0.1, 0.15) is 18.6 Å². The average molecular weight is 501 g/mol. The molecular weight excluding hydrogens is 468 g/mol. The highest BCUT2D eigenvalue weighted by molar-refractivity contribution is 6.05. The number of nitrogens with zero attached hydrogens (tertiary/aromatic N) is 5. The van der Waals surface area contributed by atoms with Gasteiger partial charge >= 0.3 is 0 Å². The van der Waals surface area contributed by atoms with Crippen molar-refractivity contribution >= 4 is 23.4 Å². The van der Waals surface area contributed by atoms with Crippen molar-refractivity contribution in [2.45, 2.75) is 19.4 Å². The summed E-state index contributed by atoms with van der Waals surface area (Å²) in [5.41, 5.74) is 3.23. The molecule has 10 nitrogen and oxygen atoms in total. The van der Waals surface area contributed by atoms with Gasteiger partial charge in [0.25, 0.3) is 0 Å². The smallest absolute Gasteiger partial charge is 0.227 e. The Morgan fingerprint density at radius 2 is 1.81 bits per heavy atom. The van der Waals surface area contributed by atoms with Gasteiger partial charge in [-0.2, -0.15) is 9.97 Å². The molecule has 3 N–H and O–H groups in total. The number of morpholine rings is 1. The van der Waals surface area contributed by atoms with Gasteiger partial charge in [-0.05, 0) is 30.4 Å². The molecule has 3 aliphatic rings. The Morgan fingerprint density at radius 1 is 0.973 bits per heavy atom. The molecule has 6 rings (SSSR count). The summed E-state index contributed by atoms with van der Waals surface area (Å²) < 4.78 is 11.0. The Bertz CT molecular complexity index is 1260. The third-order valence-electron chi connectivity index (χ3n) is 6.73. The zero-order chi connectivity index (χ0) is 24.9. The number of nitrogens with one attached hydrogen (secondary N) is 3. The van der Waals surface area contributed by atoms with Crippen LogP contribution in [0.25, 0.3) is 11.3 Å². The lowest BCUT2D eigenvalue weighted by Gasteiger charge is -2.26. The molecule has 37 heavy (non-hydrogen) atoms. The quantitative estimate of drug-likeness (QED) is 0.384. The number of benzene rings is 1. The summed E-state index contributed by atoms with van der Waals surface area (Å²) in [5.74, 6) is 4.22. The zero-order valence-corrected chi connectivity index (χ0v) is 20.8. The van der Waals surface area contributed by atoms with Crippen molar-refractivity contribution in [3.63, 3.8) is 0 Å². The van der Waals surface area contributed by atoms with E-state index in [2.05, 4.69) is 47.0 Å². The van der Waals surface area contributed by atoms with E-state index >= 15 is 0 Å². The van der Waals surface area contributed by atoms with E-state index in [0.717, 1.165) is 68.8 Å². The number of aromatic nitrogens is 3. The molecule has 1 saturated heterocycles. The molecule has 1 saturated carbocycles.